The third kappa shape index (κ3) is 5.04. The van der Waals surface area contributed by atoms with Crippen LogP contribution >= 0.6 is 23.7 Å². The number of carbonyl (C=O) groups is 3. The number of rotatable bonds is 7. The summed E-state index contributed by atoms with van der Waals surface area (Å²) in [4.78, 5) is 44.2. The predicted molar refractivity (Wildman–Crippen MR) is 144 cm³/mol. The normalized spacial score (nSPS) is 14.1. The van der Waals surface area contributed by atoms with Gasteiger partial charge in [0.05, 0.1) is 24.4 Å². The highest BCUT2D eigenvalue weighted by Gasteiger charge is 2.41. The van der Waals surface area contributed by atoms with E-state index >= 15 is 0 Å². The molecule has 2 aromatic carbocycles. The minimum absolute atomic E-state index is 0. The number of ether oxygens (including phenoxy) is 1. The molecule has 3 aliphatic rings. The minimum Gasteiger partial charge on any atom is -0.462 e. The van der Waals surface area contributed by atoms with Crippen molar-refractivity contribution in [3.05, 3.63) is 82.9 Å². The molecule has 2 bridgehead atoms. The molecule has 3 aliphatic heterocycles. The van der Waals surface area contributed by atoms with Gasteiger partial charge in [0.2, 0.25) is 11.8 Å². The first-order chi connectivity index (χ1) is 17.1. The molecule has 0 unspecified atom stereocenters. The maximum absolute atomic E-state index is 13.7. The number of hydrogen-bond acceptors (Lipinski definition) is 6. The summed E-state index contributed by atoms with van der Waals surface area (Å²) >= 11 is 1.37. The summed E-state index contributed by atoms with van der Waals surface area (Å²) in [5, 5.41) is 1.39. The molecule has 0 aliphatic carbocycles. The molecule has 3 aromatic rings. The first-order valence-electron chi connectivity index (χ1n) is 12.1. The predicted octanol–water partition coefficient (Wildman–Crippen LogP) is 5.39. The van der Waals surface area contributed by atoms with E-state index in [0.717, 1.165) is 47.6 Å². The number of piperidine rings is 1. The van der Waals surface area contributed by atoms with Crippen molar-refractivity contribution in [3.8, 4) is 0 Å². The Labute approximate surface area is 221 Å². The molecule has 36 heavy (non-hydrogen) atoms. The summed E-state index contributed by atoms with van der Waals surface area (Å²) < 4.78 is 5.45. The number of benzene rings is 2. The van der Waals surface area contributed by atoms with Crippen LogP contribution in [-0.2, 0) is 27.2 Å². The van der Waals surface area contributed by atoms with Crippen LogP contribution in [0.25, 0.3) is 0 Å². The number of thiophene rings is 1. The number of esters is 1. The summed E-state index contributed by atoms with van der Waals surface area (Å²) in [5.41, 5.74) is 2.98. The molecule has 6 rings (SSSR count). The summed E-state index contributed by atoms with van der Waals surface area (Å²) in [7, 11) is 0. The number of anilines is 2. The highest BCUT2D eigenvalue weighted by atomic mass is 35.5. The van der Waals surface area contributed by atoms with Gasteiger partial charge >= 0.3 is 5.97 Å². The molecule has 188 valence electrons. The summed E-state index contributed by atoms with van der Waals surface area (Å²) in [5.74, 6) is -0.902. The Bertz CT molecular complexity index is 1180. The zero-order chi connectivity index (χ0) is 24.4. The van der Waals surface area contributed by atoms with Crippen molar-refractivity contribution < 1.29 is 19.1 Å². The van der Waals surface area contributed by atoms with Gasteiger partial charge < -0.3 is 9.64 Å². The Morgan fingerprint density at radius 1 is 0.917 bits per heavy atom. The molecule has 4 heterocycles. The lowest BCUT2D eigenvalue weighted by atomic mass is 9.84. The fourth-order valence-corrected chi connectivity index (χ4v) is 6.49. The third-order valence-corrected chi connectivity index (χ3v) is 7.93. The summed E-state index contributed by atoms with van der Waals surface area (Å²) in [6, 6.07) is 18.8. The molecule has 1 aromatic heterocycles. The van der Waals surface area contributed by atoms with E-state index in [9.17, 15) is 14.4 Å². The van der Waals surface area contributed by atoms with Crippen LogP contribution in [0.5, 0.6) is 0 Å². The highest BCUT2D eigenvalue weighted by Crippen LogP contribution is 2.53. The van der Waals surface area contributed by atoms with E-state index in [0.29, 0.717) is 10.6 Å². The van der Waals surface area contributed by atoms with Gasteiger partial charge in [-0.3, -0.25) is 9.59 Å². The van der Waals surface area contributed by atoms with E-state index in [1.165, 1.54) is 16.2 Å². The maximum atomic E-state index is 13.7. The highest BCUT2D eigenvalue weighted by molar-refractivity contribution is 7.21. The summed E-state index contributed by atoms with van der Waals surface area (Å²) in [6.45, 7) is 3.85. The quantitative estimate of drug-likeness (QED) is 0.388. The lowest BCUT2D eigenvalue weighted by Crippen LogP contribution is -2.40. The third-order valence-electron chi connectivity index (χ3n) is 6.68. The fraction of sp³-hybridized carbons (Fsp3) is 0.321. The number of fused-ring (bicyclic) bond motifs is 2. The molecule has 1 fully saturated rings. The molecule has 0 radical (unpaired) electrons. The minimum atomic E-state index is -0.459. The van der Waals surface area contributed by atoms with Gasteiger partial charge in [0.25, 0.3) is 0 Å². The van der Waals surface area contributed by atoms with Crippen molar-refractivity contribution in [2.45, 2.75) is 38.5 Å². The van der Waals surface area contributed by atoms with Crippen LogP contribution in [0.15, 0.2) is 60.7 Å². The monoisotopic (exact) mass is 524 g/mol. The zero-order valence-electron chi connectivity index (χ0n) is 20.1. The number of hydrogen-bond donors (Lipinski definition) is 0. The van der Waals surface area contributed by atoms with Crippen LogP contribution in [0.4, 0.5) is 10.0 Å². The van der Waals surface area contributed by atoms with Crippen LogP contribution in [0.3, 0.4) is 0 Å². The zero-order valence-corrected chi connectivity index (χ0v) is 21.8. The number of nitrogens with zero attached hydrogens (tertiary/aromatic N) is 2. The lowest BCUT2D eigenvalue weighted by molar-refractivity contribution is -0.125. The van der Waals surface area contributed by atoms with Crippen molar-refractivity contribution in [1.29, 1.82) is 0 Å². The summed E-state index contributed by atoms with van der Waals surface area (Å²) in [6.07, 6.45) is 2.07. The molecule has 0 atom stereocenters. The number of imide groups is 1. The molecule has 2 amide bonds. The Morgan fingerprint density at radius 2 is 1.44 bits per heavy atom. The maximum Gasteiger partial charge on any atom is 0.341 e. The SMILES string of the molecule is CCOC(=O)c1c(N(C(=O)Cc2ccccc2)C(=O)Cc2ccccc2)sc2c1C1CCN2CC1.Cl. The molecule has 0 saturated carbocycles. The van der Waals surface area contributed by atoms with E-state index in [1.54, 1.807) is 6.92 Å². The van der Waals surface area contributed by atoms with Crippen LogP contribution in [-0.4, -0.2) is 37.5 Å². The Morgan fingerprint density at radius 3 is 1.94 bits per heavy atom. The van der Waals surface area contributed by atoms with Crippen LogP contribution < -0.4 is 9.80 Å². The van der Waals surface area contributed by atoms with Gasteiger partial charge in [0.1, 0.15) is 10.6 Å². The fourth-order valence-electron chi connectivity index (χ4n) is 5.03. The van der Waals surface area contributed by atoms with Crippen molar-refractivity contribution in [2.24, 2.45) is 0 Å². The topological polar surface area (TPSA) is 66.9 Å². The van der Waals surface area contributed by atoms with Crippen LogP contribution in [0, 0.1) is 0 Å². The molecule has 6 nitrogen and oxygen atoms in total. The molecule has 0 N–H and O–H groups in total. The van der Waals surface area contributed by atoms with E-state index in [4.69, 9.17) is 4.74 Å². The van der Waals surface area contributed by atoms with Crippen molar-refractivity contribution in [3.63, 3.8) is 0 Å². The Kier molecular flexibility index (Phi) is 8.11. The van der Waals surface area contributed by atoms with Crippen molar-refractivity contribution in [1.82, 2.24) is 0 Å². The molecular formula is C28H29ClN2O4S. The number of carbonyl (C=O) groups excluding carboxylic acids is 3. The average Bonchev–Trinajstić information content (AvgIpc) is 3.28. The van der Waals surface area contributed by atoms with Gasteiger partial charge in [0, 0.05) is 18.7 Å². The van der Waals surface area contributed by atoms with E-state index in [2.05, 4.69) is 4.90 Å². The van der Waals surface area contributed by atoms with E-state index < -0.39 is 5.97 Å². The molecule has 0 spiro atoms. The molecular weight excluding hydrogens is 496 g/mol. The molecule has 8 heteroatoms. The largest absolute Gasteiger partial charge is 0.462 e. The molecule has 1 saturated heterocycles. The van der Waals surface area contributed by atoms with Gasteiger partial charge in [-0.25, -0.2) is 9.69 Å². The van der Waals surface area contributed by atoms with E-state index in [-0.39, 0.29) is 49.6 Å². The lowest BCUT2D eigenvalue weighted by Gasteiger charge is -2.40. The van der Waals surface area contributed by atoms with Gasteiger partial charge in [-0.15, -0.1) is 12.4 Å². The Balaban J connectivity index is 0.00000304. The van der Waals surface area contributed by atoms with Gasteiger partial charge in [-0.05, 0) is 36.8 Å². The van der Waals surface area contributed by atoms with Gasteiger partial charge in [-0.1, -0.05) is 72.0 Å². The second kappa shape index (κ2) is 11.3. The first kappa shape index (κ1) is 25.9. The van der Waals surface area contributed by atoms with Crippen molar-refractivity contribution >= 4 is 51.5 Å². The number of amides is 2. The van der Waals surface area contributed by atoms with Gasteiger partial charge in [0.15, 0.2) is 0 Å². The average molecular weight is 525 g/mol. The smallest absolute Gasteiger partial charge is 0.341 e. The second-order valence-electron chi connectivity index (χ2n) is 8.93. The van der Waals surface area contributed by atoms with Gasteiger partial charge in [-0.2, -0.15) is 0 Å². The van der Waals surface area contributed by atoms with E-state index in [1.807, 2.05) is 60.7 Å². The second-order valence-corrected chi connectivity index (χ2v) is 9.91. The first-order valence-corrected chi connectivity index (χ1v) is 12.9. The standard InChI is InChI=1S/C28H28N2O4S.ClH/c1-2-34-28(33)25-24-21-13-15-29(16-14-21)26(24)35-27(25)30(22(31)17-19-9-5-3-6-10-19)23(32)18-20-11-7-4-8-12-20;/h3-12,21H,2,13-18H2,1H3;1H. The number of halogens is 1. The Hall–Kier alpha value is -3.16. The van der Waals surface area contributed by atoms with Crippen molar-refractivity contribution in [2.75, 3.05) is 29.5 Å². The van der Waals surface area contributed by atoms with Crippen LogP contribution in [0.1, 0.15) is 52.7 Å². The van der Waals surface area contributed by atoms with Crippen LogP contribution in [0.2, 0.25) is 0 Å².